The summed E-state index contributed by atoms with van der Waals surface area (Å²) in [5.74, 6) is -0.698. The van der Waals surface area contributed by atoms with E-state index in [2.05, 4.69) is 11.8 Å². The molecule has 2 aromatic rings. The van der Waals surface area contributed by atoms with E-state index in [1.54, 1.807) is 30.2 Å². The van der Waals surface area contributed by atoms with E-state index in [9.17, 15) is 14.7 Å². The van der Waals surface area contributed by atoms with E-state index in [4.69, 9.17) is 9.47 Å². The van der Waals surface area contributed by atoms with Crippen LogP contribution in [0.3, 0.4) is 0 Å². The van der Waals surface area contributed by atoms with Crippen molar-refractivity contribution in [3.8, 4) is 5.75 Å². The fourth-order valence-corrected chi connectivity index (χ4v) is 4.86. The molecule has 0 aliphatic carbocycles. The summed E-state index contributed by atoms with van der Waals surface area (Å²) < 4.78 is 10.7. The summed E-state index contributed by atoms with van der Waals surface area (Å²) in [6.45, 7) is 8.37. The second kappa shape index (κ2) is 11.1. The topological polar surface area (TPSA) is 79.3 Å². The van der Waals surface area contributed by atoms with Crippen LogP contribution in [0, 0.1) is 6.92 Å². The molecular formula is C28H34N2O5. The number of Topliss-reactive ketones (excluding diaryl/α,β-unsaturated/α-hetero) is 1. The molecule has 0 spiro atoms. The molecule has 2 heterocycles. The van der Waals surface area contributed by atoms with Gasteiger partial charge in [0.1, 0.15) is 11.5 Å². The van der Waals surface area contributed by atoms with Gasteiger partial charge in [-0.25, -0.2) is 0 Å². The van der Waals surface area contributed by atoms with E-state index in [1.165, 1.54) is 5.56 Å². The zero-order valence-corrected chi connectivity index (χ0v) is 20.8. The summed E-state index contributed by atoms with van der Waals surface area (Å²) >= 11 is 0. The Hall–Kier alpha value is -3.16. The third kappa shape index (κ3) is 5.26. The third-order valence-electron chi connectivity index (χ3n) is 6.91. The van der Waals surface area contributed by atoms with Crippen molar-refractivity contribution < 1.29 is 24.2 Å². The van der Waals surface area contributed by atoms with Gasteiger partial charge in [0.15, 0.2) is 0 Å². The molecule has 0 radical (unpaired) electrons. The molecule has 0 aromatic heterocycles. The zero-order valence-electron chi connectivity index (χ0n) is 20.8. The Morgan fingerprint density at radius 1 is 1.09 bits per heavy atom. The first kappa shape index (κ1) is 24.9. The smallest absolute Gasteiger partial charge is 0.295 e. The van der Waals surface area contributed by atoms with Gasteiger partial charge in [-0.3, -0.25) is 14.5 Å². The SMILES string of the molecule is CCc1ccc(C2/C(=C(/O)c3ccc(OC)cc3C)C(=O)C(=O)N2CCCN2CCOCC2)cc1. The molecule has 7 heteroatoms. The van der Waals surface area contributed by atoms with Crippen molar-refractivity contribution in [1.82, 2.24) is 9.80 Å². The van der Waals surface area contributed by atoms with Crippen molar-refractivity contribution in [2.45, 2.75) is 32.7 Å². The van der Waals surface area contributed by atoms with Crippen LogP contribution in [0.15, 0.2) is 48.0 Å². The van der Waals surface area contributed by atoms with Crippen LogP contribution in [0.4, 0.5) is 0 Å². The van der Waals surface area contributed by atoms with Gasteiger partial charge in [0.25, 0.3) is 11.7 Å². The molecule has 2 aromatic carbocycles. The van der Waals surface area contributed by atoms with Gasteiger partial charge in [-0.15, -0.1) is 0 Å². The lowest BCUT2D eigenvalue weighted by molar-refractivity contribution is -0.140. The highest BCUT2D eigenvalue weighted by molar-refractivity contribution is 6.46. The molecular weight excluding hydrogens is 444 g/mol. The average Bonchev–Trinajstić information content (AvgIpc) is 3.14. The Labute approximate surface area is 206 Å². The first-order chi connectivity index (χ1) is 16.9. The number of aliphatic hydroxyl groups is 1. The van der Waals surface area contributed by atoms with Gasteiger partial charge in [0.2, 0.25) is 0 Å². The number of rotatable bonds is 8. The number of hydrogen-bond donors (Lipinski definition) is 1. The van der Waals surface area contributed by atoms with Crippen LogP contribution in [-0.2, 0) is 20.7 Å². The summed E-state index contributed by atoms with van der Waals surface area (Å²) in [7, 11) is 1.58. The van der Waals surface area contributed by atoms with E-state index in [1.807, 2.05) is 31.2 Å². The molecule has 2 aliphatic rings. The van der Waals surface area contributed by atoms with Gasteiger partial charge in [0, 0.05) is 31.7 Å². The van der Waals surface area contributed by atoms with E-state index in [0.717, 1.165) is 56.8 Å². The molecule has 1 amide bonds. The van der Waals surface area contributed by atoms with Gasteiger partial charge < -0.3 is 19.5 Å². The van der Waals surface area contributed by atoms with Gasteiger partial charge in [0.05, 0.1) is 31.9 Å². The van der Waals surface area contributed by atoms with Crippen LogP contribution in [0.1, 0.15) is 41.6 Å². The predicted molar refractivity (Wildman–Crippen MR) is 134 cm³/mol. The highest BCUT2D eigenvalue weighted by Crippen LogP contribution is 2.40. The molecule has 4 rings (SSSR count). The molecule has 35 heavy (non-hydrogen) atoms. The van der Waals surface area contributed by atoms with E-state index in [0.29, 0.717) is 17.9 Å². The Kier molecular flexibility index (Phi) is 7.88. The summed E-state index contributed by atoms with van der Waals surface area (Å²) in [4.78, 5) is 30.4. The molecule has 7 nitrogen and oxygen atoms in total. The van der Waals surface area contributed by atoms with Crippen molar-refractivity contribution in [2.24, 2.45) is 0 Å². The van der Waals surface area contributed by atoms with E-state index in [-0.39, 0.29) is 11.3 Å². The van der Waals surface area contributed by atoms with Crippen LogP contribution >= 0.6 is 0 Å². The maximum atomic E-state index is 13.3. The molecule has 1 atom stereocenters. The number of hydrogen-bond acceptors (Lipinski definition) is 6. The lowest BCUT2D eigenvalue weighted by Gasteiger charge is -2.29. The number of likely N-dealkylation sites (tertiary alicyclic amines) is 1. The maximum absolute atomic E-state index is 13.3. The Morgan fingerprint density at radius 3 is 2.43 bits per heavy atom. The molecule has 2 aliphatic heterocycles. The van der Waals surface area contributed by atoms with E-state index < -0.39 is 17.7 Å². The van der Waals surface area contributed by atoms with Gasteiger partial charge in [-0.05, 0) is 54.7 Å². The van der Waals surface area contributed by atoms with Crippen molar-refractivity contribution in [1.29, 1.82) is 0 Å². The van der Waals surface area contributed by atoms with Gasteiger partial charge >= 0.3 is 0 Å². The van der Waals surface area contributed by atoms with Crippen LogP contribution in [0.2, 0.25) is 0 Å². The van der Waals surface area contributed by atoms with Crippen LogP contribution < -0.4 is 4.74 Å². The summed E-state index contributed by atoms with van der Waals surface area (Å²) in [5.41, 5.74) is 3.41. The van der Waals surface area contributed by atoms with Crippen molar-refractivity contribution in [2.75, 3.05) is 46.5 Å². The standard InChI is InChI=1S/C28H34N2O5/c1-4-20-6-8-21(9-7-20)25-24(26(31)23-11-10-22(34-3)18-19(23)2)27(32)28(33)30(25)13-5-12-29-14-16-35-17-15-29/h6-11,18,25,31H,4-5,12-17H2,1-3H3/b26-24-. The number of morpholine rings is 1. The van der Waals surface area contributed by atoms with Crippen LogP contribution in [0.5, 0.6) is 5.75 Å². The Bertz CT molecular complexity index is 1100. The highest BCUT2D eigenvalue weighted by Gasteiger charge is 2.46. The second-order valence-corrected chi connectivity index (χ2v) is 9.08. The fraction of sp³-hybridized carbons (Fsp3) is 0.429. The third-order valence-corrected chi connectivity index (χ3v) is 6.91. The van der Waals surface area contributed by atoms with Crippen molar-refractivity contribution in [3.05, 3.63) is 70.3 Å². The van der Waals surface area contributed by atoms with Crippen LogP contribution in [-0.4, -0.2) is 73.1 Å². The normalized spacial score (nSPS) is 20.4. The average molecular weight is 479 g/mol. The second-order valence-electron chi connectivity index (χ2n) is 9.08. The Balaban J connectivity index is 1.70. The number of nitrogens with zero attached hydrogens (tertiary/aromatic N) is 2. The molecule has 2 fully saturated rings. The van der Waals surface area contributed by atoms with E-state index >= 15 is 0 Å². The first-order valence-corrected chi connectivity index (χ1v) is 12.3. The van der Waals surface area contributed by atoms with Crippen molar-refractivity contribution in [3.63, 3.8) is 0 Å². The number of ether oxygens (including phenoxy) is 2. The first-order valence-electron chi connectivity index (χ1n) is 12.3. The molecule has 2 saturated heterocycles. The summed E-state index contributed by atoms with van der Waals surface area (Å²) in [6, 6.07) is 12.6. The summed E-state index contributed by atoms with van der Waals surface area (Å²) in [6.07, 6.45) is 1.63. The quantitative estimate of drug-likeness (QED) is 0.354. The van der Waals surface area contributed by atoms with Crippen molar-refractivity contribution >= 4 is 17.4 Å². The largest absolute Gasteiger partial charge is 0.507 e. The lowest BCUT2D eigenvalue weighted by atomic mass is 9.93. The minimum absolute atomic E-state index is 0.138. The molecule has 186 valence electrons. The number of aryl methyl sites for hydroxylation is 2. The minimum atomic E-state index is -0.645. The minimum Gasteiger partial charge on any atom is -0.507 e. The fourth-order valence-electron chi connectivity index (χ4n) is 4.86. The number of amides is 1. The number of carbonyl (C=O) groups is 2. The number of methoxy groups -OCH3 is 1. The van der Waals surface area contributed by atoms with Gasteiger partial charge in [-0.2, -0.15) is 0 Å². The monoisotopic (exact) mass is 478 g/mol. The number of aliphatic hydroxyl groups excluding tert-OH is 1. The molecule has 0 saturated carbocycles. The number of benzene rings is 2. The zero-order chi connectivity index (χ0) is 24.9. The predicted octanol–water partition coefficient (Wildman–Crippen LogP) is 3.71. The molecule has 1 N–H and O–H groups in total. The summed E-state index contributed by atoms with van der Waals surface area (Å²) in [5, 5.41) is 11.3. The lowest BCUT2D eigenvalue weighted by Crippen LogP contribution is -2.38. The molecule has 0 bridgehead atoms. The van der Waals surface area contributed by atoms with Crippen LogP contribution in [0.25, 0.3) is 5.76 Å². The molecule has 1 unspecified atom stereocenters. The Morgan fingerprint density at radius 2 is 1.80 bits per heavy atom. The maximum Gasteiger partial charge on any atom is 0.295 e. The van der Waals surface area contributed by atoms with Gasteiger partial charge in [-0.1, -0.05) is 31.2 Å². The number of carbonyl (C=O) groups excluding carboxylic acids is 2. The number of ketones is 1. The highest BCUT2D eigenvalue weighted by atomic mass is 16.5.